The predicted octanol–water partition coefficient (Wildman–Crippen LogP) is 1.94. The minimum Gasteiger partial charge on any atom is -0.354 e. The second kappa shape index (κ2) is 4.45. The lowest BCUT2D eigenvalue weighted by Gasteiger charge is -2.12. The molecule has 1 fully saturated rings. The van der Waals surface area contributed by atoms with Gasteiger partial charge in [-0.05, 0) is 25.9 Å². The quantitative estimate of drug-likeness (QED) is 0.789. The molecular weight excluding hydrogens is 213 g/mol. The lowest BCUT2D eigenvalue weighted by molar-refractivity contribution is 0.328. The Morgan fingerprint density at radius 3 is 2.60 bits per heavy atom. The molecule has 15 heavy (non-hydrogen) atoms. The molecule has 5 heteroatoms. The van der Waals surface area contributed by atoms with Gasteiger partial charge in [0.15, 0.2) is 5.13 Å². The molecule has 2 heterocycles. The van der Waals surface area contributed by atoms with Crippen LogP contribution in [0.3, 0.4) is 0 Å². The van der Waals surface area contributed by atoms with Crippen LogP contribution in [-0.2, 0) is 6.54 Å². The van der Waals surface area contributed by atoms with E-state index in [1.165, 1.54) is 24.2 Å². The van der Waals surface area contributed by atoms with E-state index in [0.717, 1.165) is 29.6 Å². The summed E-state index contributed by atoms with van der Waals surface area (Å²) in [6.07, 6.45) is 2.47. The Morgan fingerprint density at radius 1 is 1.40 bits per heavy atom. The van der Waals surface area contributed by atoms with Crippen LogP contribution in [0.25, 0.3) is 0 Å². The Bertz CT molecular complexity index is 331. The first-order chi connectivity index (χ1) is 7.16. The van der Waals surface area contributed by atoms with Gasteiger partial charge in [0.2, 0.25) is 5.95 Å². The summed E-state index contributed by atoms with van der Waals surface area (Å²) in [5.41, 5.74) is 0. The molecule has 84 valence electrons. The Hall–Kier alpha value is -0.680. The van der Waals surface area contributed by atoms with Gasteiger partial charge < -0.3 is 4.90 Å². The largest absolute Gasteiger partial charge is 0.354 e. The normalized spacial score (nSPS) is 17.3. The first kappa shape index (κ1) is 10.8. The van der Waals surface area contributed by atoms with E-state index in [1.807, 2.05) is 19.0 Å². The van der Waals surface area contributed by atoms with Crippen molar-refractivity contribution in [2.24, 2.45) is 0 Å². The van der Waals surface area contributed by atoms with E-state index in [4.69, 9.17) is 0 Å². The van der Waals surface area contributed by atoms with Gasteiger partial charge in [-0.25, -0.2) is 0 Å². The molecule has 3 nitrogen and oxygen atoms in total. The smallest absolute Gasteiger partial charge is 0.230 e. The molecule has 2 rings (SSSR count). The molecular formula is C10H16FN3S. The summed E-state index contributed by atoms with van der Waals surface area (Å²) in [6.45, 7) is 2.90. The van der Waals surface area contributed by atoms with E-state index in [0.29, 0.717) is 0 Å². The Kier molecular flexibility index (Phi) is 3.21. The van der Waals surface area contributed by atoms with Gasteiger partial charge in [-0.3, -0.25) is 4.90 Å². The molecule has 0 unspecified atom stereocenters. The molecule has 1 aliphatic rings. The monoisotopic (exact) mass is 229 g/mol. The number of likely N-dealkylation sites (tertiary alicyclic amines) is 1. The number of hydrogen-bond acceptors (Lipinski definition) is 4. The Balaban J connectivity index is 2.06. The van der Waals surface area contributed by atoms with Crippen molar-refractivity contribution in [2.45, 2.75) is 19.4 Å². The van der Waals surface area contributed by atoms with Gasteiger partial charge in [0.05, 0.1) is 4.88 Å². The van der Waals surface area contributed by atoms with E-state index < -0.39 is 0 Å². The van der Waals surface area contributed by atoms with Crippen molar-refractivity contribution in [3.8, 4) is 0 Å². The maximum atomic E-state index is 13.5. The highest BCUT2D eigenvalue weighted by Crippen LogP contribution is 2.26. The van der Waals surface area contributed by atoms with Crippen LogP contribution in [-0.4, -0.2) is 37.1 Å². The fourth-order valence-electron chi connectivity index (χ4n) is 1.75. The first-order valence-electron chi connectivity index (χ1n) is 5.21. The highest BCUT2D eigenvalue weighted by atomic mass is 32.1. The standard InChI is InChI=1S/C10H16FN3S/c1-13(2)10-12-9(11)8(15-10)7-14-5-3-4-6-14/h3-7H2,1-2H3. The topological polar surface area (TPSA) is 19.4 Å². The Labute approximate surface area is 93.5 Å². The molecule has 0 radical (unpaired) electrons. The van der Waals surface area contributed by atoms with Gasteiger partial charge in [-0.1, -0.05) is 11.3 Å². The van der Waals surface area contributed by atoms with Crippen molar-refractivity contribution < 1.29 is 4.39 Å². The molecule has 1 aromatic heterocycles. The van der Waals surface area contributed by atoms with Crippen molar-refractivity contribution in [3.63, 3.8) is 0 Å². The fourth-order valence-corrected chi connectivity index (χ4v) is 2.66. The van der Waals surface area contributed by atoms with E-state index in [9.17, 15) is 4.39 Å². The Morgan fingerprint density at radius 2 is 2.07 bits per heavy atom. The molecule has 0 aliphatic carbocycles. The minimum atomic E-state index is -0.296. The number of hydrogen-bond donors (Lipinski definition) is 0. The lowest BCUT2D eigenvalue weighted by Crippen LogP contribution is -2.18. The van der Waals surface area contributed by atoms with E-state index >= 15 is 0 Å². The number of aromatic nitrogens is 1. The third-order valence-electron chi connectivity index (χ3n) is 2.59. The molecule has 0 spiro atoms. The van der Waals surface area contributed by atoms with Crippen LogP contribution in [0.1, 0.15) is 17.7 Å². The van der Waals surface area contributed by atoms with Crippen LogP contribution < -0.4 is 4.90 Å². The summed E-state index contributed by atoms with van der Waals surface area (Å²) in [5, 5.41) is 0.752. The maximum absolute atomic E-state index is 13.5. The SMILES string of the molecule is CN(C)c1nc(F)c(CN2CCCC2)s1. The highest BCUT2D eigenvalue weighted by molar-refractivity contribution is 7.15. The summed E-state index contributed by atoms with van der Waals surface area (Å²) in [5.74, 6) is -0.296. The minimum absolute atomic E-state index is 0.296. The third kappa shape index (κ3) is 2.46. The van der Waals surface area contributed by atoms with Gasteiger partial charge in [0.1, 0.15) is 0 Å². The van der Waals surface area contributed by atoms with Gasteiger partial charge in [0, 0.05) is 20.6 Å². The van der Waals surface area contributed by atoms with Gasteiger partial charge in [-0.15, -0.1) is 0 Å². The van der Waals surface area contributed by atoms with Gasteiger partial charge in [0.25, 0.3) is 0 Å². The van der Waals surface area contributed by atoms with Crippen molar-refractivity contribution in [3.05, 3.63) is 10.8 Å². The average Bonchev–Trinajstić information content (AvgIpc) is 2.77. The van der Waals surface area contributed by atoms with Crippen LogP contribution >= 0.6 is 11.3 Å². The first-order valence-corrected chi connectivity index (χ1v) is 6.03. The van der Waals surface area contributed by atoms with Crippen molar-refractivity contribution in [2.75, 3.05) is 32.1 Å². The lowest BCUT2D eigenvalue weighted by atomic mass is 10.4. The van der Waals surface area contributed by atoms with Crippen LogP contribution in [0.5, 0.6) is 0 Å². The third-order valence-corrected chi connectivity index (χ3v) is 3.77. The maximum Gasteiger partial charge on any atom is 0.230 e. The van der Waals surface area contributed by atoms with Crippen molar-refractivity contribution in [1.82, 2.24) is 9.88 Å². The fraction of sp³-hybridized carbons (Fsp3) is 0.700. The zero-order valence-electron chi connectivity index (χ0n) is 9.16. The van der Waals surface area contributed by atoms with E-state index in [-0.39, 0.29) is 5.95 Å². The predicted molar refractivity (Wildman–Crippen MR) is 60.9 cm³/mol. The molecule has 1 aromatic rings. The van der Waals surface area contributed by atoms with Crippen molar-refractivity contribution >= 4 is 16.5 Å². The van der Waals surface area contributed by atoms with Crippen molar-refractivity contribution in [1.29, 1.82) is 0 Å². The van der Waals surface area contributed by atoms with Gasteiger partial charge >= 0.3 is 0 Å². The summed E-state index contributed by atoms with van der Waals surface area (Å²) in [6, 6.07) is 0. The van der Waals surface area contributed by atoms with Crippen LogP contribution in [0.2, 0.25) is 0 Å². The number of halogens is 1. The van der Waals surface area contributed by atoms with E-state index in [2.05, 4.69) is 9.88 Å². The zero-order chi connectivity index (χ0) is 10.8. The molecule has 1 aliphatic heterocycles. The molecule has 0 atom stereocenters. The molecule has 1 saturated heterocycles. The second-order valence-corrected chi connectivity index (χ2v) is 5.15. The van der Waals surface area contributed by atoms with E-state index in [1.54, 1.807) is 0 Å². The van der Waals surface area contributed by atoms with Crippen LogP contribution in [0.4, 0.5) is 9.52 Å². The molecule has 0 bridgehead atoms. The molecule has 0 saturated carbocycles. The average molecular weight is 229 g/mol. The number of thiazole rings is 1. The van der Waals surface area contributed by atoms with Gasteiger partial charge in [-0.2, -0.15) is 9.37 Å². The molecule has 0 aromatic carbocycles. The summed E-state index contributed by atoms with van der Waals surface area (Å²) < 4.78 is 13.5. The molecule has 0 amide bonds. The van der Waals surface area contributed by atoms with Crippen LogP contribution in [0.15, 0.2) is 0 Å². The summed E-state index contributed by atoms with van der Waals surface area (Å²) in [7, 11) is 3.77. The number of rotatable bonds is 3. The summed E-state index contributed by atoms with van der Waals surface area (Å²) in [4.78, 5) is 8.80. The summed E-state index contributed by atoms with van der Waals surface area (Å²) >= 11 is 1.45. The second-order valence-electron chi connectivity index (χ2n) is 4.09. The number of nitrogens with zero attached hydrogens (tertiary/aromatic N) is 3. The molecule has 0 N–H and O–H groups in total. The number of anilines is 1. The zero-order valence-corrected chi connectivity index (χ0v) is 9.98. The van der Waals surface area contributed by atoms with Crippen LogP contribution in [0, 0.1) is 5.95 Å². The highest BCUT2D eigenvalue weighted by Gasteiger charge is 2.17.